The number of hydrogen-bond donors (Lipinski definition) is 2. The topological polar surface area (TPSA) is 75.4 Å². The van der Waals surface area contributed by atoms with E-state index in [2.05, 4.69) is 5.32 Å². The molecular weight excluding hydrogens is 246 g/mol. The Hall–Kier alpha value is -1.60. The third-order valence-corrected chi connectivity index (χ3v) is 2.38. The Bertz CT molecular complexity index is 384. The summed E-state index contributed by atoms with van der Waals surface area (Å²) in [4.78, 5) is 9.92. The summed E-state index contributed by atoms with van der Waals surface area (Å²) in [6, 6.07) is 6.01. The molecule has 0 aromatic heterocycles. The van der Waals surface area contributed by atoms with Gasteiger partial charge in [0.15, 0.2) is 0 Å². The van der Waals surface area contributed by atoms with Crippen LogP contribution in [0.15, 0.2) is 24.3 Å². The van der Waals surface area contributed by atoms with Crippen molar-refractivity contribution < 1.29 is 18.8 Å². The lowest BCUT2D eigenvalue weighted by Gasteiger charge is -2.10. The number of benzene rings is 1. The Kier molecular flexibility index (Phi) is 5.60. The molecule has 0 spiro atoms. The van der Waals surface area contributed by atoms with Gasteiger partial charge in [-0.3, -0.25) is 10.1 Å². The lowest BCUT2D eigenvalue weighted by molar-refractivity contribution is -0.384. The van der Waals surface area contributed by atoms with Crippen LogP contribution in [0.1, 0.15) is 5.56 Å². The summed E-state index contributed by atoms with van der Waals surface area (Å²) in [7, 11) is 0. The normalized spacial score (nSPS) is 12.7. The van der Waals surface area contributed by atoms with Gasteiger partial charge in [-0.05, 0) is 18.5 Å². The molecule has 0 radical (unpaired) electrons. The molecule has 0 bridgehead atoms. The van der Waals surface area contributed by atoms with Crippen molar-refractivity contribution in [2.75, 3.05) is 13.1 Å². The van der Waals surface area contributed by atoms with Gasteiger partial charge in [0, 0.05) is 18.7 Å². The number of nitrogens with one attached hydrogen (secondary N) is 1. The van der Waals surface area contributed by atoms with Crippen LogP contribution in [0.3, 0.4) is 0 Å². The molecule has 100 valence electrons. The van der Waals surface area contributed by atoms with E-state index < -0.39 is 17.5 Å². The highest BCUT2D eigenvalue weighted by Gasteiger charge is 2.15. The third kappa shape index (κ3) is 4.72. The predicted octanol–water partition coefficient (Wildman–Crippen LogP) is 1.35. The van der Waals surface area contributed by atoms with Crippen LogP contribution in [0.25, 0.3) is 0 Å². The zero-order chi connectivity index (χ0) is 13.5. The van der Waals surface area contributed by atoms with Gasteiger partial charge in [-0.1, -0.05) is 12.1 Å². The Morgan fingerprint density at radius 3 is 2.44 bits per heavy atom. The van der Waals surface area contributed by atoms with Crippen molar-refractivity contribution in [3.8, 4) is 0 Å². The van der Waals surface area contributed by atoms with Crippen molar-refractivity contribution in [1.29, 1.82) is 0 Å². The summed E-state index contributed by atoms with van der Waals surface area (Å²) in [5, 5.41) is 21.9. The number of rotatable bonds is 7. The average molecular weight is 260 g/mol. The van der Waals surface area contributed by atoms with E-state index in [0.29, 0.717) is 13.0 Å². The van der Waals surface area contributed by atoms with Crippen molar-refractivity contribution in [3.63, 3.8) is 0 Å². The lowest BCUT2D eigenvalue weighted by atomic mass is 10.1. The maximum absolute atomic E-state index is 11.9. The smallest absolute Gasteiger partial charge is 0.269 e. The molecule has 0 aliphatic rings. The first-order valence-corrected chi connectivity index (χ1v) is 5.41. The van der Waals surface area contributed by atoms with Crippen molar-refractivity contribution in [2.45, 2.75) is 19.0 Å². The highest BCUT2D eigenvalue weighted by Crippen LogP contribution is 2.11. The highest BCUT2D eigenvalue weighted by molar-refractivity contribution is 5.32. The van der Waals surface area contributed by atoms with Crippen LogP contribution in [0.2, 0.25) is 0 Å². The lowest BCUT2D eigenvalue weighted by Crippen LogP contribution is -2.33. The quantitative estimate of drug-likeness (QED) is 0.441. The van der Waals surface area contributed by atoms with E-state index in [9.17, 15) is 18.9 Å². The highest BCUT2D eigenvalue weighted by atomic mass is 19.3. The third-order valence-electron chi connectivity index (χ3n) is 2.38. The molecule has 1 unspecified atom stereocenters. The summed E-state index contributed by atoms with van der Waals surface area (Å²) < 4.78 is 23.9. The molecular formula is C11H14F2N2O3. The van der Waals surface area contributed by atoms with Crippen molar-refractivity contribution in [1.82, 2.24) is 5.32 Å². The van der Waals surface area contributed by atoms with Gasteiger partial charge in [-0.15, -0.1) is 0 Å². The maximum atomic E-state index is 11.9. The second kappa shape index (κ2) is 6.97. The summed E-state index contributed by atoms with van der Waals surface area (Å²) >= 11 is 0. The minimum atomic E-state index is -2.75. The zero-order valence-electron chi connectivity index (χ0n) is 9.55. The summed E-state index contributed by atoms with van der Waals surface area (Å²) in [6.07, 6.45) is -3.87. The van der Waals surface area contributed by atoms with E-state index in [1.807, 2.05) is 0 Å². The number of alkyl halides is 2. The van der Waals surface area contributed by atoms with Gasteiger partial charge in [-0.2, -0.15) is 0 Å². The fraction of sp³-hybridized carbons (Fsp3) is 0.455. The van der Waals surface area contributed by atoms with Crippen LogP contribution in [-0.2, 0) is 6.42 Å². The minimum absolute atomic E-state index is 0.0137. The Morgan fingerprint density at radius 2 is 1.94 bits per heavy atom. The van der Waals surface area contributed by atoms with Gasteiger partial charge in [0.05, 0.1) is 4.92 Å². The second-order valence-electron chi connectivity index (χ2n) is 3.78. The largest absolute Gasteiger partial charge is 0.386 e. The van der Waals surface area contributed by atoms with Crippen LogP contribution in [0, 0.1) is 10.1 Å². The van der Waals surface area contributed by atoms with Gasteiger partial charge in [-0.25, -0.2) is 8.78 Å². The molecule has 0 aliphatic carbocycles. The molecule has 0 aliphatic heterocycles. The molecule has 1 aromatic rings. The molecule has 0 amide bonds. The molecule has 0 saturated heterocycles. The van der Waals surface area contributed by atoms with Crippen molar-refractivity contribution in [2.24, 2.45) is 0 Å². The molecule has 7 heteroatoms. The Morgan fingerprint density at radius 1 is 1.33 bits per heavy atom. The van der Waals surface area contributed by atoms with Gasteiger partial charge in [0.2, 0.25) is 0 Å². The first kappa shape index (κ1) is 14.5. The van der Waals surface area contributed by atoms with Crippen molar-refractivity contribution >= 4 is 5.69 Å². The number of non-ortho nitro benzene ring substituents is 1. The molecule has 1 atom stereocenters. The zero-order valence-corrected chi connectivity index (χ0v) is 9.55. The van der Waals surface area contributed by atoms with Gasteiger partial charge >= 0.3 is 0 Å². The van der Waals surface area contributed by atoms with Crippen LogP contribution in [0.4, 0.5) is 14.5 Å². The van der Waals surface area contributed by atoms with E-state index in [-0.39, 0.29) is 12.2 Å². The van der Waals surface area contributed by atoms with Crippen LogP contribution >= 0.6 is 0 Å². The maximum Gasteiger partial charge on any atom is 0.269 e. The SMILES string of the molecule is O=[N+]([O-])c1ccc(CCNCC(O)C(F)F)cc1. The summed E-state index contributed by atoms with van der Waals surface area (Å²) in [6.45, 7) is 0.242. The number of nitro groups is 1. The summed E-state index contributed by atoms with van der Waals surface area (Å²) in [5.74, 6) is 0. The monoisotopic (exact) mass is 260 g/mol. The van der Waals surface area contributed by atoms with Crippen molar-refractivity contribution in [3.05, 3.63) is 39.9 Å². The first-order chi connectivity index (χ1) is 8.50. The number of halogens is 2. The molecule has 5 nitrogen and oxygen atoms in total. The standard InChI is InChI=1S/C11H14F2N2O3/c12-11(13)10(16)7-14-6-5-8-1-3-9(4-2-8)15(17)18/h1-4,10-11,14,16H,5-7H2. The predicted molar refractivity (Wildman–Crippen MR) is 61.7 cm³/mol. The second-order valence-corrected chi connectivity index (χ2v) is 3.78. The molecule has 1 rings (SSSR count). The number of nitro benzene ring substituents is 1. The molecule has 18 heavy (non-hydrogen) atoms. The van der Waals surface area contributed by atoms with Crippen LogP contribution in [-0.4, -0.2) is 35.6 Å². The molecule has 0 saturated carbocycles. The number of hydrogen-bond acceptors (Lipinski definition) is 4. The number of aliphatic hydroxyl groups excluding tert-OH is 1. The Balaban J connectivity index is 2.29. The Labute approximate surface area is 103 Å². The van der Waals surface area contributed by atoms with E-state index in [1.165, 1.54) is 12.1 Å². The molecule has 0 heterocycles. The number of aliphatic hydroxyl groups is 1. The van der Waals surface area contributed by atoms with E-state index in [4.69, 9.17) is 5.11 Å². The van der Waals surface area contributed by atoms with E-state index in [0.717, 1.165) is 5.56 Å². The van der Waals surface area contributed by atoms with Crippen LogP contribution in [0.5, 0.6) is 0 Å². The molecule has 1 aromatic carbocycles. The molecule has 0 fully saturated rings. The fourth-order valence-electron chi connectivity index (χ4n) is 1.36. The van der Waals surface area contributed by atoms with Gasteiger partial charge in [0.25, 0.3) is 12.1 Å². The average Bonchev–Trinajstić information content (AvgIpc) is 2.34. The van der Waals surface area contributed by atoms with E-state index >= 15 is 0 Å². The van der Waals surface area contributed by atoms with E-state index in [1.54, 1.807) is 12.1 Å². The minimum Gasteiger partial charge on any atom is -0.386 e. The van der Waals surface area contributed by atoms with Gasteiger partial charge in [0.1, 0.15) is 6.10 Å². The van der Waals surface area contributed by atoms with Gasteiger partial charge < -0.3 is 10.4 Å². The first-order valence-electron chi connectivity index (χ1n) is 5.41. The summed E-state index contributed by atoms with van der Waals surface area (Å²) in [5.41, 5.74) is 0.875. The fourth-order valence-corrected chi connectivity index (χ4v) is 1.36. The van der Waals surface area contributed by atoms with Crippen LogP contribution < -0.4 is 5.32 Å². The molecule has 2 N–H and O–H groups in total. The number of nitrogens with zero attached hydrogens (tertiary/aromatic N) is 1.